The lowest BCUT2D eigenvalue weighted by molar-refractivity contribution is 0.201. The number of nitrogens with zero attached hydrogens (tertiary/aromatic N) is 4. The van der Waals surface area contributed by atoms with E-state index in [1.165, 1.54) is 11.3 Å². The summed E-state index contributed by atoms with van der Waals surface area (Å²) >= 11 is 1.48. The molecular formula is C17H22N8O2S. The molecule has 0 bridgehead atoms. The van der Waals surface area contributed by atoms with E-state index in [0.29, 0.717) is 34.8 Å². The normalized spacial score (nSPS) is 16.3. The van der Waals surface area contributed by atoms with E-state index in [0.717, 1.165) is 29.7 Å². The van der Waals surface area contributed by atoms with Crippen molar-refractivity contribution in [2.45, 2.75) is 12.5 Å². The minimum absolute atomic E-state index is 0.0198. The number of hydrogen-bond donors (Lipinski definition) is 5. The predicted molar refractivity (Wildman–Crippen MR) is 110 cm³/mol. The van der Waals surface area contributed by atoms with Gasteiger partial charge in [-0.05, 0) is 31.2 Å². The summed E-state index contributed by atoms with van der Waals surface area (Å²) in [5.41, 5.74) is 0.849. The van der Waals surface area contributed by atoms with Crippen LogP contribution in [0.2, 0.25) is 0 Å². The highest BCUT2D eigenvalue weighted by molar-refractivity contribution is 7.22. The third kappa shape index (κ3) is 4.38. The van der Waals surface area contributed by atoms with Gasteiger partial charge in [-0.25, -0.2) is 4.98 Å². The first-order valence-corrected chi connectivity index (χ1v) is 9.87. The van der Waals surface area contributed by atoms with Crippen LogP contribution in [-0.4, -0.2) is 64.4 Å². The standard InChI is InChI=1S/C17H22N8O2S/c1-18-14-22-15(20-10-4-5-19-9-10)24-16(23-14)25-17-21-12-3-2-11(27-7-6-26)8-13(12)28-17/h2-3,8,10,19,26H,4-7,9H2,1H3,(H3,18,20,21,22,23,24,25). The van der Waals surface area contributed by atoms with Crippen molar-refractivity contribution in [2.75, 3.05) is 49.3 Å². The van der Waals surface area contributed by atoms with Gasteiger partial charge in [0.1, 0.15) is 12.4 Å². The minimum atomic E-state index is -0.0198. The molecule has 10 nitrogen and oxygen atoms in total. The van der Waals surface area contributed by atoms with Crippen LogP contribution in [0, 0.1) is 0 Å². The van der Waals surface area contributed by atoms with Crippen molar-refractivity contribution < 1.29 is 9.84 Å². The summed E-state index contributed by atoms with van der Waals surface area (Å²) in [6.45, 7) is 2.12. The number of hydrogen-bond acceptors (Lipinski definition) is 11. The Balaban J connectivity index is 1.53. The second-order valence-corrected chi connectivity index (χ2v) is 7.27. The quantitative estimate of drug-likeness (QED) is 0.377. The Labute approximate surface area is 165 Å². The number of fused-ring (bicyclic) bond motifs is 1. The van der Waals surface area contributed by atoms with E-state index in [1.807, 2.05) is 18.2 Å². The Morgan fingerprint density at radius 1 is 1.21 bits per heavy atom. The molecule has 2 aromatic heterocycles. The molecule has 1 saturated heterocycles. The van der Waals surface area contributed by atoms with E-state index >= 15 is 0 Å². The van der Waals surface area contributed by atoms with Gasteiger partial charge in [-0.1, -0.05) is 11.3 Å². The van der Waals surface area contributed by atoms with Gasteiger partial charge >= 0.3 is 0 Å². The van der Waals surface area contributed by atoms with Gasteiger partial charge in [-0.3, -0.25) is 5.32 Å². The fraction of sp³-hybridized carbons (Fsp3) is 0.412. The summed E-state index contributed by atoms with van der Waals surface area (Å²) in [4.78, 5) is 17.8. The second-order valence-electron chi connectivity index (χ2n) is 6.24. The van der Waals surface area contributed by atoms with Gasteiger partial charge in [0.2, 0.25) is 17.8 Å². The van der Waals surface area contributed by atoms with Gasteiger partial charge in [0.25, 0.3) is 0 Å². The van der Waals surface area contributed by atoms with Gasteiger partial charge in [0, 0.05) is 19.6 Å². The molecule has 3 heterocycles. The molecule has 0 spiro atoms. The highest BCUT2D eigenvalue weighted by Gasteiger charge is 2.16. The molecule has 11 heteroatoms. The summed E-state index contributed by atoms with van der Waals surface area (Å²) in [5.74, 6) is 2.12. The number of aromatic nitrogens is 4. The molecule has 148 valence electrons. The molecule has 0 radical (unpaired) electrons. The molecular weight excluding hydrogens is 380 g/mol. The Hall–Kier alpha value is -2.76. The topological polar surface area (TPSA) is 129 Å². The van der Waals surface area contributed by atoms with Crippen LogP contribution in [0.3, 0.4) is 0 Å². The third-order valence-corrected chi connectivity index (χ3v) is 5.12. The molecule has 0 saturated carbocycles. The molecule has 3 aromatic rings. The lowest BCUT2D eigenvalue weighted by atomic mass is 10.3. The molecule has 1 aliphatic heterocycles. The van der Waals surface area contributed by atoms with Gasteiger partial charge in [-0.2, -0.15) is 15.0 Å². The monoisotopic (exact) mass is 402 g/mol. The minimum Gasteiger partial charge on any atom is -0.491 e. The van der Waals surface area contributed by atoms with Crippen LogP contribution in [0.1, 0.15) is 6.42 Å². The van der Waals surface area contributed by atoms with Gasteiger partial charge in [0.15, 0.2) is 5.13 Å². The summed E-state index contributed by atoms with van der Waals surface area (Å²) in [6, 6.07) is 5.93. The van der Waals surface area contributed by atoms with E-state index in [9.17, 15) is 0 Å². The van der Waals surface area contributed by atoms with E-state index in [2.05, 4.69) is 41.2 Å². The molecule has 1 unspecified atom stereocenters. The molecule has 1 atom stereocenters. The SMILES string of the molecule is CNc1nc(Nc2nc3ccc(OCCO)cc3s2)nc(NC2CCNC2)n1. The van der Waals surface area contributed by atoms with Crippen LogP contribution in [0.4, 0.5) is 23.0 Å². The lowest BCUT2D eigenvalue weighted by Gasteiger charge is -2.12. The zero-order valence-electron chi connectivity index (χ0n) is 15.4. The zero-order valence-corrected chi connectivity index (χ0v) is 16.2. The first-order chi connectivity index (χ1) is 13.7. The number of anilines is 4. The summed E-state index contributed by atoms with van der Waals surface area (Å²) in [6.07, 6.45) is 1.03. The molecule has 1 aromatic carbocycles. The van der Waals surface area contributed by atoms with Crippen LogP contribution >= 0.6 is 11.3 Å². The summed E-state index contributed by atoms with van der Waals surface area (Å²) in [5, 5.41) is 22.3. The van der Waals surface area contributed by atoms with Crippen molar-refractivity contribution in [1.82, 2.24) is 25.3 Å². The van der Waals surface area contributed by atoms with E-state index < -0.39 is 0 Å². The van der Waals surface area contributed by atoms with Gasteiger partial charge in [-0.15, -0.1) is 0 Å². The number of aliphatic hydroxyl groups excluding tert-OH is 1. The van der Waals surface area contributed by atoms with Crippen molar-refractivity contribution in [3.8, 4) is 5.75 Å². The highest BCUT2D eigenvalue weighted by Crippen LogP contribution is 2.30. The Morgan fingerprint density at radius 2 is 2.07 bits per heavy atom. The van der Waals surface area contributed by atoms with Gasteiger partial charge in [0.05, 0.1) is 16.8 Å². The maximum absolute atomic E-state index is 8.89. The fourth-order valence-corrected chi connectivity index (χ4v) is 3.76. The molecule has 4 rings (SSSR count). The average molecular weight is 402 g/mol. The largest absolute Gasteiger partial charge is 0.491 e. The number of benzene rings is 1. The van der Waals surface area contributed by atoms with E-state index in [4.69, 9.17) is 9.84 Å². The Morgan fingerprint density at radius 3 is 2.86 bits per heavy atom. The number of ether oxygens (including phenoxy) is 1. The molecule has 0 amide bonds. The van der Waals surface area contributed by atoms with Crippen molar-refractivity contribution in [3.63, 3.8) is 0 Å². The summed E-state index contributed by atoms with van der Waals surface area (Å²) < 4.78 is 6.42. The molecule has 1 aliphatic rings. The fourth-order valence-electron chi connectivity index (χ4n) is 2.88. The van der Waals surface area contributed by atoms with Crippen molar-refractivity contribution in [3.05, 3.63) is 18.2 Å². The second kappa shape index (κ2) is 8.50. The molecule has 0 aliphatic carbocycles. The maximum atomic E-state index is 8.89. The smallest absolute Gasteiger partial charge is 0.235 e. The number of aliphatic hydroxyl groups is 1. The van der Waals surface area contributed by atoms with Crippen LogP contribution in [0.5, 0.6) is 5.75 Å². The molecule has 5 N–H and O–H groups in total. The van der Waals surface area contributed by atoms with Crippen LogP contribution in [0.25, 0.3) is 10.2 Å². The van der Waals surface area contributed by atoms with E-state index in [-0.39, 0.29) is 13.2 Å². The molecule has 28 heavy (non-hydrogen) atoms. The number of rotatable bonds is 8. The number of nitrogens with one attached hydrogen (secondary N) is 4. The van der Waals surface area contributed by atoms with Crippen LogP contribution in [-0.2, 0) is 0 Å². The third-order valence-electron chi connectivity index (χ3n) is 4.19. The van der Waals surface area contributed by atoms with Crippen molar-refractivity contribution in [2.24, 2.45) is 0 Å². The first kappa shape index (κ1) is 18.6. The van der Waals surface area contributed by atoms with Crippen LogP contribution < -0.4 is 26.0 Å². The van der Waals surface area contributed by atoms with Gasteiger partial charge < -0.3 is 25.8 Å². The average Bonchev–Trinajstić information content (AvgIpc) is 3.34. The molecule has 1 fully saturated rings. The lowest BCUT2D eigenvalue weighted by Crippen LogP contribution is -2.24. The predicted octanol–water partition coefficient (Wildman–Crippen LogP) is 1.41. The van der Waals surface area contributed by atoms with Crippen molar-refractivity contribution >= 4 is 44.5 Å². The number of thiazole rings is 1. The Bertz CT molecular complexity index is 944. The Kier molecular flexibility index (Phi) is 5.65. The maximum Gasteiger partial charge on any atom is 0.235 e. The zero-order chi connectivity index (χ0) is 19.3. The van der Waals surface area contributed by atoms with Crippen LogP contribution in [0.15, 0.2) is 18.2 Å². The van der Waals surface area contributed by atoms with E-state index in [1.54, 1.807) is 7.05 Å². The highest BCUT2D eigenvalue weighted by atomic mass is 32.1. The first-order valence-electron chi connectivity index (χ1n) is 9.06. The van der Waals surface area contributed by atoms with Crippen molar-refractivity contribution in [1.29, 1.82) is 0 Å². The summed E-state index contributed by atoms with van der Waals surface area (Å²) in [7, 11) is 1.77.